The number of ether oxygens (including phenoxy) is 1. The fourth-order valence-corrected chi connectivity index (χ4v) is 7.04. The molecule has 1 atom stereocenters. The summed E-state index contributed by atoms with van der Waals surface area (Å²) in [5.74, 6) is 0.639. The SMILES string of the molecule is CC(C)[C@H](NC(=O)C12CC3CC(CC(C3)C1)C2)C(=O)OCC(=O)c1ccc(N(C)S(C)(=O)=O)cc1. The normalized spacial score (nSPS) is 28.0. The third-order valence-electron chi connectivity index (χ3n) is 8.12. The average molecular weight is 505 g/mol. The van der Waals surface area contributed by atoms with Gasteiger partial charge >= 0.3 is 5.97 Å². The van der Waals surface area contributed by atoms with Gasteiger partial charge in [-0.1, -0.05) is 13.8 Å². The highest BCUT2D eigenvalue weighted by Crippen LogP contribution is 2.60. The van der Waals surface area contributed by atoms with Crippen molar-refractivity contribution in [1.29, 1.82) is 0 Å². The number of hydrogen-bond acceptors (Lipinski definition) is 6. The minimum atomic E-state index is -3.41. The van der Waals surface area contributed by atoms with Gasteiger partial charge < -0.3 is 10.1 Å². The van der Waals surface area contributed by atoms with Crippen molar-refractivity contribution in [3.63, 3.8) is 0 Å². The molecule has 8 nitrogen and oxygen atoms in total. The van der Waals surface area contributed by atoms with Gasteiger partial charge in [-0.25, -0.2) is 13.2 Å². The Morgan fingerprint density at radius 2 is 1.54 bits per heavy atom. The molecule has 192 valence electrons. The Morgan fingerprint density at radius 1 is 1.03 bits per heavy atom. The van der Waals surface area contributed by atoms with Gasteiger partial charge in [0, 0.05) is 18.0 Å². The Kier molecular flexibility index (Phi) is 7.01. The number of sulfonamides is 1. The van der Waals surface area contributed by atoms with Crippen LogP contribution in [0.3, 0.4) is 0 Å². The smallest absolute Gasteiger partial charge is 0.329 e. The maximum Gasteiger partial charge on any atom is 0.329 e. The molecule has 1 amide bonds. The van der Waals surface area contributed by atoms with Gasteiger partial charge in [-0.05, 0) is 86.5 Å². The molecule has 35 heavy (non-hydrogen) atoms. The van der Waals surface area contributed by atoms with E-state index < -0.39 is 34.4 Å². The molecule has 9 heteroatoms. The van der Waals surface area contributed by atoms with Gasteiger partial charge in [-0.15, -0.1) is 0 Å². The van der Waals surface area contributed by atoms with E-state index in [9.17, 15) is 22.8 Å². The van der Waals surface area contributed by atoms with Gasteiger partial charge in [-0.3, -0.25) is 13.9 Å². The predicted molar refractivity (Wildman–Crippen MR) is 132 cm³/mol. The second-order valence-corrected chi connectivity index (χ2v) is 13.2. The minimum Gasteiger partial charge on any atom is -0.456 e. The average Bonchev–Trinajstić information content (AvgIpc) is 2.78. The molecule has 0 unspecified atom stereocenters. The molecule has 0 aromatic heterocycles. The quantitative estimate of drug-likeness (QED) is 0.409. The van der Waals surface area contributed by atoms with E-state index in [0.717, 1.165) is 29.8 Å². The Morgan fingerprint density at radius 3 is 2.00 bits per heavy atom. The van der Waals surface area contributed by atoms with Crippen LogP contribution in [0.15, 0.2) is 24.3 Å². The Balaban J connectivity index is 1.35. The molecular weight excluding hydrogens is 468 g/mol. The molecule has 1 N–H and O–H groups in total. The zero-order valence-electron chi connectivity index (χ0n) is 21.0. The van der Waals surface area contributed by atoms with Gasteiger partial charge in [-0.2, -0.15) is 0 Å². The zero-order valence-corrected chi connectivity index (χ0v) is 21.8. The van der Waals surface area contributed by atoms with Crippen LogP contribution in [-0.2, 0) is 24.3 Å². The van der Waals surface area contributed by atoms with Crippen molar-refractivity contribution < 1.29 is 27.5 Å². The van der Waals surface area contributed by atoms with Gasteiger partial charge in [0.25, 0.3) is 0 Å². The van der Waals surface area contributed by atoms with Gasteiger partial charge in [0.15, 0.2) is 12.4 Å². The summed E-state index contributed by atoms with van der Waals surface area (Å²) >= 11 is 0. The lowest BCUT2D eigenvalue weighted by Crippen LogP contribution is -2.57. The van der Waals surface area contributed by atoms with Crippen molar-refractivity contribution in [3.05, 3.63) is 29.8 Å². The summed E-state index contributed by atoms with van der Waals surface area (Å²) in [6.45, 7) is 3.26. The van der Waals surface area contributed by atoms with E-state index in [1.54, 1.807) is 0 Å². The number of anilines is 1. The van der Waals surface area contributed by atoms with E-state index in [-0.39, 0.29) is 17.2 Å². The molecule has 4 bridgehead atoms. The molecule has 0 heterocycles. The zero-order chi connectivity index (χ0) is 25.5. The minimum absolute atomic E-state index is 0.0378. The van der Waals surface area contributed by atoms with Crippen LogP contribution in [0.5, 0.6) is 0 Å². The third kappa shape index (κ3) is 5.39. The lowest BCUT2D eigenvalue weighted by atomic mass is 9.49. The van der Waals surface area contributed by atoms with Crippen LogP contribution < -0.4 is 9.62 Å². The van der Waals surface area contributed by atoms with Crippen LogP contribution in [0.25, 0.3) is 0 Å². The van der Waals surface area contributed by atoms with Crippen molar-refractivity contribution in [2.75, 3.05) is 24.2 Å². The number of rotatable bonds is 9. The molecule has 0 saturated heterocycles. The fraction of sp³-hybridized carbons (Fsp3) is 0.654. The van der Waals surface area contributed by atoms with Gasteiger partial charge in [0.1, 0.15) is 6.04 Å². The topological polar surface area (TPSA) is 110 Å². The molecule has 5 rings (SSSR count). The molecule has 1 aromatic carbocycles. The maximum atomic E-state index is 13.4. The van der Waals surface area contributed by atoms with E-state index in [1.807, 2.05) is 13.8 Å². The first kappa shape index (κ1) is 25.7. The monoisotopic (exact) mass is 504 g/mol. The van der Waals surface area contributed by atoms with E-state index in [2.05, 4.69) is 5.32 Å². The second-order valence-electron chi connectivity index (χ2n) is 11.2. The number of ketones is 1. The number of benzene rings is 1. The molecule has 4 aliphatic carbocycles. The van der Waals surface area contributed by atoms with E-state index in [0.29, 0.717) is 29.0 Å². The summed E-state index contributed by atoms with van der Waals surface area (Å²) in [6.07, 6.45) is 7.52. The first-order valence-corrected chi connectivity index (χ1v) is 14.3. The molecular formula is C26H36N2O6S. The number of esters is 1. The highest BCUT2D eigenvalue weighted by molar-refractivity contribution is 7.92. The third-order valence-corrected chi connectivity index (χ3v) is 9.33. The summed E-state index contributed by atoms with van der Waals surface area (Å²) in [6, 6.07) is 5.25. The van der Waals surface area contributed by atoms with Crippen LogP contribution >= 0.6 is 0 Å². The fourth-order valence-electron chi connectivity index (χ4n) is 6.54. The highest BCUT2D eigenvalue weighted by atomic mass is 32.2. The predicted octanol–water partition coefficient (Wildman–Crippen LogP) is 3.17. The van der Waals surface area contributed by atoms with Crippen LogP contribution in [0.2, 0.25) is 0 Å². The summed E-state index contributed by atoms with van der Waals surface area (Å²) in [4.78, 5) is 38.8. The molecule has 4 aliphatic rings. The lowest BCUT2D eigenvalue weighted by molar-refractivity contribution is -0.154. The molecule has 0 aliphatic heterocycles. The summed E-state index contributed by atoms with van der Waals surface area (Å²) in [5, 5.41) is 2.98. The first-order chi connectivity index (χ1) is 16.4. The number of carbonyl (C=O) groups is 3. The molecule has 4 saturated carbocycles. The molecule has 0 spiro atoms. The molecule has 0 radical (unpaired) electrons. The van der Waals surface area contributed by atoms with Crippen molar-refractivity contribution in [2.45, 2.75) is 58.4 Å². The Bertz CT molecular complexity index is 1060. The van der Waals surface area contributed by atoms with Crippen molar-refractivity contribution in [3.8, 4) is 0 Å². The van der Waals surface area contributed by atoms with Crippen molar-refractivity contribution >= 4 is 33.4 Å². The van der Waals surface area contributed by atoms with Crippen molar-refractivity contribution in [2.24, 2.45) is 29.1 Å². The van der Waals surface area contributed by atoms with Crippen LogP contribution in [0.4, 0.5) is 5.69 Å². The number of nitrogens with one attached hydrogen (secondary N) is 1. The number of nitrogens with zero attached hydrogens (tertiary/aromatic N) is 1. The first-order valence-electron chi connectivity index (χ1n) is 12.4. The largest absolute Gasteiger partial charge is 0.456 e. The van der Waals surface area contributed by atoms with Crippen molar-refractivity contribution in [1.82, 2.24) is 5.32 Å². The van der Waals surface area contributed by atoms with E-state index >= 15 is 0 Å². The van der Waals surface area contributed by atoms with Crippen LogP contribution in [0.1, 0.15) is 62.7 Å². The summed E-state index contributed by atoms with van der Waals surface area (Å²) in [7, 11) is -1.98. The highest BCUT2D eigenvalue weighted by Gasteiger charge is 2.55. The van der Waals surface area contributed by atoms with Gasteiger partial charge in [0.05, 0.1) is 11.9 Å². The number of amides is 1. The number of hydrogen-bond donors (Lipinski definition) is 1. The Hall–Kier alpha value is -2.42. The number of carbonyl (C=O) groups excluding carboxylic acids is 3. The van der Waals surface area contributed by atoms with E-state index in [1.165, 1.54) is 50.6 Å². The maximum absolute atomic E-state index is 13.4. The summed E-state index contributed by atoms with van der Waals surface area (Å²) in [5.41, 5.74) is 0.370. The van der Waals surface area contributed by atoms with Gasteiger partial charge in [0.2, 0.25) is 15.9 Å². The lowest BCUT2D eigenvalue weighted by Gasteiger charge is -2.55. The standard InChI is InChI=1S/C26H36N2O6S/c1-16(2)23(27-25(31)26-12-17-9-18(13-26)11-19(10-17)14-26)24(30)34-15-22(29)20-5-7-21(8-6-20)28(3)35(4,32)33/h5-8,16-19,23H,9-15H2,1-4H3,(H,27,31)/t17?,18?,19?,23-,26?/m0/s1. The molecule has 1 aromatic rings. The summed E-state index contributed by atoms with van der Waals surface area (Å²) < 4.78 is 29.8. The number of Topliss-reactive ketones (excluding diaryl/α,β-unsaturated/α-hetero) is 1. The molecule has 4 fully saturated rings. The Labute approximate surface area is 207 Å². The van der Waals surface area contributed by atoms with Crippen LogP contribution in [0, 0.1) is 29.1 Å². The van der Waals surface area contributed by atoms with E-state index in [4.69, 9.17) is 4.74 Å². The van der Waals surface area contributed by atoms with Crippen LogP contribution in [-0.4, -0.2) is 52.0 Å². The second kappa shape index (κ2) is 9.56.